The van der Waals surface area contributed by atoms with E-state index in [4.69, 9.17) is 0 Å². The molecule has 1 aliphatic rings. The van der Waals surface area contributed by atoms with Crippen molar-refractivity contribution in [1.82, 2.24) is 24.6 Å². The molecule has 0 radical (unpaired) electrons. The largest absolute Gasteiger partial charge is 0.507 e. The average molecular weight is 397 g/mol. The predicted octanol–water partition coefficient (Wildman–Crippen LogP) is 3.41. The first-order valence-electron chi connectivity index (χ1n) is 9.53. The first kappa shape index (κ1) is 18.1. The van der Waals surface area contributed by atoms with Gasteiger partial charge < -0.3 is 10.0 Å². The Morgan fingerprint density at radius 1 is 1.23 bits per heavy atom. The van der Waals surface area contributed by atoms with E-state index in [-0.39, 0.29) is 11.7 Å². The van der Waals surface area contributed by atoms with E-state index in [1.807, 2.05) is 36.1 Å². The third-order valence-electron chi connectivity index (χ3n) is 5.53. The molecule has 7 heteroatoms. The zero-order valence-electron chi connectivity index (χ0n) is 16.4. The van der Waals surface area contributed by atoms with Crippen LogP contribution in [0.1, 0.15) is 21.6 Å². The molecule has 0 saturated carbocycles. The number of benzene rings is 2. The van der Waals surface area contributed by atoms with E-state index in [1.54, 1.807) is 23.2 Å². The minimum atomic E-state index is -0.207. The number of hydrogen-bond donors (Lipinski definition) is 1. The number of aryl methyl sites for hydroxylation is 1. The minimum absolute atomic E-state index is 0.00416. The second-order valence-corrected chi connectivity index (χ2v) is 7.39. The van der Waals surface area contributed by atoms with Gasteiger partial charge in [-0.3, -0.25) is 9.48 Å². The van der Waals surface area contributed by atoms with Crippen molar-refractivity contribution in [3.05, 3.63) is 78.5 Å². The number of aromatic hydroxyl groups is 1. The molecule has 0 saturated heterocycles. The van der Waals surface area contributed by atoms with Crippen molar-refractivity contribution in [2.24, 2.45) is 7.05 Å². The highest BCUT2D eigenvalue weighted by Gasteiger charge is 2.33. The number of rotatable bonds is 4. The summed E-state index contributed by atoms with van der Waals surface area (Å²) in [5.74, 6) is -0.211. The predicted molar refractivity (Wildman–Crippen MR) is 114 cm³/mol. The number of phenolic OH excluding ortho intramolecular Hbond substituents is 1. The summed E-state index contributed by atoms with van der Waals surface area (Å²) in [7, 11) is 1.90. The van der Waals surface area contributed by atoms with Crippen LogP contribution in [0.2, 0.25) is 0 Å². The van der Waals surface area contributed by atoms with Gasteiger partial charge in [0.25, 0.3) is 5.91 Å². The van der Waals surface area contributed by atoms with Crippen LogP contribution in [0.4, 0.5) is 0 Å². The fourth-order valence-electron chi connectivity index (χ4n) is 3.98. The Kier molecular flexibility index (Phi) is 4.10. The molecule has 2 aromatic carbocycles. The van der Waals surface area contributed by atoms with Crippen molar-refractivity contribution in [2.75, 3.05) is 6.54 Å². The first-order valence-corrected chi connectivity index (χ1v) is 9.53. The average Bonchev–Trinajstić information content (AvgIpc) is 3.29. The third kappa shape index (κ3) is 2.83. The van der Waals surface area contributed by atoms with Gasteiger partial charge in [-0.05, 0) is 40.5 Å². The van der Waals surface area contributed by atoms with Gasteiger partial charge in [-0.2, -0.15) is 5.10 Å². The topological polar surface area (TPSA) is 84.1 Å². The number of amides is 1. The molecule has 3 heterocycles. The molecule has 0 fully saturated rings. The number of nitrogens with zero attached hydrogens (tertiary/aromatic N) is 5. The Balaban J connectivity index is 1.52. The quantitative estimate of drug-likeness (QED) is 0.571. The molecule has 1 aliphatic heterocycles. The Labute approximate surface area is 172 Å². The molecule has 5 rings (SSSR count). The van der Waals surface area contributed by atoms with Crippen molar-refractivity contribution in [2.45, 2.75) is 6.54 Å². The number of fused-ring (bicyclic) bond motifs is 2. The van der Waals surface area contributed by atoms with Crippen molar-refractivity contribution in [1.29, 1.82) is 0 Å². The van der Waals surface area contributed by atoms with E-state index in [1.165, 1.54) is 6.33 Å². The molecule has 30 heavy (non-hydrogen) atoms. The van der Waals surface area contributed by atoms with E-state index < -0.39 is 0 Å². The summed E-state index contributed by atoms with van der Waals surface area (Å²) in [6.45, 7) is 4.79. The van der Waals surface area contributed by atoms with Crippen LogP contribution >= 0.6 is 0 Å². The molecule has 2 aromatic heterocycles. The second-order valence-electron chi connectivity index (χ2n) is 7.39. The van der Waals surface area contributed by atoms with E-state index in [0.717, 1.165) is 33.2 Å². The maximum atomic E-state index is 13.1. The highest BCUT2D eigenvalue weighted by molar-refractivity contribution is 6.04. The minimum Gasteiger partial charge on any atom is -0.507 e. The zero-order chi connectivity index (χ0) is 20.8. The van der Waals surface area contributed by atoms with Crippen LogP contribution in [0.3, 0.4) is 0 Å². The summed E-state index contributed by atoms with van der Waals surface area (Å²) in [5.41, 5.74) is 5.49. The molecule has 0 atom stereocenters. The Morgan fingerprint density at radius 2 is 2.10 bits per heavy atom. The molecule has 0 bridgehead atoms. The molecule has 0 unspecified atom stereocenters. The summed E-state index contributed by atoms with van der Waals surface area (Å²) in [6.07, 6.45) is 4.93. The van der Waals surface area contributed by atoms with Gasteiger partial charge in [-0.25, -0.2) is 9.97 Å². The number of carbonyl (C=O) groups excluding carboxylic acids is 1. The fourth-order valence-corrected chi connectivity index (χ4v) is 3.98. The zero-order valence-corrected chi connectivity index (χ0v) is 16.4. The number of aromatic nitrogens is 4. The smallest absolute Gasteiger partial charge is 0.258 e. The summed E-state index contributed by atoms with van der Waals surface area (Å²) in [5, 5.41) is 15.8. The van der Waals surface area contributed by atoms with E-state index in [2.05, 4.69) is 27.7 Å². The van der Waals surface area contributed by atoms with Gasteiger partial charge in [-0.15, -0.1) is 0 Å². The standard InChI is InChI=1S/C23H19N5O2/c1-14(19-7-8-24-13-25-19)11-28-12-18-17(5-6-21(29)22(18)23(28)30)15-3-4-16-10-26-27(2)20(16)9-15/h3-10,13,29H,1,11-12H2,2H3. The van der Waals surface area contributed by atoms with Crippen molar-refractivity contribution < 1.29 is 9.90 Å². The first-order chi connectivity index (χ1) is 14.5. The summed E-state index contributed by atoms with van der Waals surface area (Å²) in [4.78, 5) is 22.9. The SMILES string of the molecule is C=C(CN1Cc2c(-c3ccc4cnn(C)c4c3)ccc(O)c2C1=O)c1ccncn1. The molecule has 0 spiro atoms. The van der Waals surface area contributed by atoms with Gasteiger partial charge in [0.1, 0.15) is 12.1 Å². The van der Waals surface area contributed by atoms with Crippen molar-refractivity contribution >= 4 is 22.4 Å². The molecule has 7 nitrogen and oxygen atoms in total. The Bertz CT molecular complexity index is 1310. The van der Waals surface area contributed by atoms with Gasteiger partial charge in [0, 0.05) is 31.7 Å². The highest BCUT2D eigenvalue weighted by Crippen LogP contribution is 2.38. The molecule has 1 N–H and O–H groups in total. The number of hydrogen-bond acceptors (Lipinski definition) is 5. The van der Waals surface area contributed by atoms with E-state index >= 15 is 0 Å². The third-order valence-corrected chi connectivity index (χ3v) is 5.53. The van der Waals surface area contributed by atoms with Crippen LogP contribution in [-0.4, -0.2) is 42.2 Å². The molecule has 1 amide bonds. The van der Waals surface area contributed by atoms with Crippen LogP contribution < -0.4 is 0 Å². The van der Waals surface area contributed by atoms with Crippen LogP contribution in [0.25, 0.3) is 27.6 Å². The van der Waals surface area contributed by atoms with Crippen LogP contribution in [0.5, 0.6) is 5.75 Å². The fraction of sp³-hybridized carbons (Fsp3) is 0.130. The van der Waals surface area contributed by atoms with Gasteiger partial charge in [0.2, 0.25) is 0 Å². The molecule has 4 aromatic rings. The molecule has 148 valence electrons. The van der Waals surface area contributed by atoms with Crippen LogP contribution in [0.15, 0.2) is 61.7 Å². The lowest BCUT2D eigenvalue weighted by atomic mass is 9.95. The number of carbonyl (C=O) groups is 1. The summed E-state index contributed by atoms with van der Waals surface area (Å²) in [6, 6.07) is 11.3. The summed E-state index contributed by atoms with van der Waals surface area (Å²) < 4.78 is 1.82. The monoisotopic (exact) mass is 397 g/mol. The molecular weight excluding hydrogens is 378 g/mol. The van der Waals surface area contributed by atoms with E-state index in [9.17, 15) is 9.90 Å². The molecule has 0 aliphatic carbocycles. The van der Waals surface area contributed by atoms with Crippen molar-refractivity contribution in [3.63, 3.8) is 0 Å². The molecular formula is C23H19N5O2. The maximum Gasteiger partial charge on any atom is 0.258 e. The maximum absolute atomic E-state index is 13.1. The second kappa shape index (κ2) is 6.81. The van der Waals surface area contributed by atoms with Crippen molar-refractivity contribution in [3.8, 4) is 16.9 Å². The number of phenols is 1. The Morgan fingerprint density at radius 3 is 2.90 bits per heavy atom. The normalized spacial score (nSPS) is 13.1. The lowest BCUT2D eigenvalue weighted by Crippen LogP contribution is -2.25. The van der Waals surface area contributed by atoms with Gasteiger partial charge in [0.05, 0.1) is 23.0 Å². The summed E-state index contributed by atoms with van der Waals surface area (Å²) >= 11 is 0. The lowest BCUT2D eigenvalue weighted by Gasteiger charge is -2.17. The lowest BCUT2D eigenvalue weighted by molar-refractivity contribution is 0.0797. The Hall–Kier alpha value is -4.00. The van der Waals surface area contributed by atoms with Gasteiger partial charge >= 0.3 is 0 Å². The highest BCUT2D eigenvalue weighted by atomic mass is 16.3. The van der Waals surface area contributed by atoms with E-state index in [0.29, 0.717) is 24.3 Å². The van der Waals surface area contributed by atoms with Crippen LogP contribution in [0, 0.1) is 0 Å². The van der Waals surface area contributed by atoms with Gasteiger partial charge in [0.15, 0.2) is 0 Å². The van der Waals surface area contributed by atoms with Gasteiger partial charge in [-0.1, -0.05) is 24.8 Å². The van der Waals surface area contributed by atoms with Crippen LogP contribution in [-0.2, 0) is 13.6 Å².